The molecule has 0 bridgehead atoms. The van der Waals surface area contributed by atoms with Crippen LogP contribution in [-0.4, -0.2) is 21.9 Å². The zero-order valence-electron chi connectivity index (χ0n) is 11.5. The number of oxazole rings is 1. The highest BCUT2D eigenvalue weighted by Gasteiger charge is 2.34. The lowest BCUT2D eigenvalue weighted by atomic mass is 10.3. The number of fused-ring (bicyclic) bond motifs is 1. The van der Waals surface area contributed by atoms with Gasteiger partial charge in [0, 0.05) is 10.4 Å². The van der Waals surface area contributed by atoms with Crippen LogP contribution in [0.5, 0.6) is 0 Å². The molecule has 2 heterocycles. The third-order valence-corrected chi connectivity index (χ3v) is 4.38. The van der Waals surface area contributed by atoms with Gasteiger partial charge in [-0.25, -0.2) is 10.4 Å². The number of benzene rings is 1. The second kappa shape index (κ2) is 5.30. The number of hydrazine groups is 1. The van der Waals surface area contributed by atoms with E-state index in [9.17, 15) is 4.79 Å². The number of rotatable bonds is 4. The Morgan fingerprint density at radius 1 is 1.41 bits per heavy atom. The molecular formula is C15H12ClN3O2S. The molecule has 1 aromatic carbocycles. The first-order chi connectivity index (χ1) is 10.7. The lowest BCUT2D eigenvalue weighted by Crippen LogP contribution is -2.38. The molecule has 1 fully saturated rings. The van der Waals surface area contributed by atoms with Gasteiger partial charge in [-0.1, -0.05) is 11.6 Å². The van der Waals surface area contributed by atoms with Crippen LogP contribution in [0.1, 0.15) is 23.2 Å². The maximum absolute atomic E-state index is 12.5. The van der Waals surface area contributed by atoms with Gasteiger partial charge in [-0.3, -0.25) is 4.79 Å². The van der Waals surface area contributed by atoms with E-state index < -0.39 is 0 Å². The number of thiophene rings is 1. The Balaban J connectivity index is 1.62. The summed E-state index contributed by atoms with van der Waals surface area (Å²) < 4.78 is 5.63. The van der Waals surface area contributed by atoms with Gasteiger partial charge in [-0.2, -0.15) is 16.3 Å². The van der Waals surface area contributed by atoms with Gasteiger partial charge in [-0.15, -0.1) is 0 Å². The topological polar surface area (TPSA) is 58.4 Å². The largest absolute Gasteiger partial charge is 0.422 e. The quantitative estimate of drug-likeness (QED) is 0.728. The van der Waals surface area contributed by atoms with Crippen molar-refractivity contribution in [1.29, 1.82) is 0 Å². The highest BCUT2D eigenvalue weighted by atomic mass is 35.5. The Hall–Kier alpha value is -2.05. The Bertz CT molecular complexity index is 827. The predicted octanol–water partition coefficient (Wildman–Crippen LogP) is 4.17. The normalized spacial score (nSPS) is 14.2. The molecular weight excluding hydrogens is 322 g/mol. The zero-order valence-corrected chi connectivity index (χ0v) is 13.0. The molecule has 1 saturated carbocycles. The summed E-state index contributed by atoms with van der Waals surface area (Å²) >= 11 is 7.45. The van der Waals surface area contributed by atoms with Crippen LogP contribution in [0.25, 0.3) is 11.1 Å². The summed E-state index contributed by atoms with van der Waals surface area (Å²) in [7, 11) is 0. The SMILES string of the molecule is O=C(c1ccsc1)N(Nc1nc2cc(Cl)ccc2o1)C1CC1. The molecule has 0 aliphatic heterocycles. The van der Waals surface area contributed by atoms with E-state index in [-0.39, 0.29) is 11.9 Å². The standard InChI is InChI=1S/C15H12ClN3O2S/c16-10-1-4-13-12(7-10)17-15(21-13)18-19(11-2-3-11)14(20)9-5-6-22-8-9/h1,4-8,11H,2-3H2,(H,17,18). The molecule has 2 aromatic heterocycles. The van der Waals surface area contributed by atoms with E-state index in [4.69, 9.17) is 16.0 Å². The number of carbonyl (C=O) groups excluding carboxylic acids is 1. The second-order valence-corrected chi connectivity index (χ2v) is 6.38. The molecule has 1 aliphatic carbocycles. The van der Waals surface area contributed by atoms with E-state index in [1.54, 1.807) is 23.2 Å². The van der Waals surface area contributed by atoms with Gasteiger partial charge < -0.3 is 4.42 Å². The molecule has 4 rings (SSSR count). The Morgan fingerprint density at radius 2 is 2.27 bits per heavy atom. The van der Waals surface area contributed by atoms with E-state index in [0.717, 1.165) is 12.8 Å². The minimum Gasteiger partial charge on any atom is -0.422 e. The van der Waals surface area contributed by atoms with E-state index in [0.29, 0.717) is 27.7 Å². The van der Waals surface area contributed by atoms with Crippen LogP contribution < -0.4 is 5.43 Å². The first kappa shape index (κ1) is 13.6. The molecule has 0 atom stereocenters. The van der Waals surface area contributed by atoms with Crippen molar-refractivity contribution in [1.82, 2.24) is 9.99 Å². The third kappa shape index (κ3) is 2.55. The highest BCUT2D eigenvalue weighted by molar-refractivity contribution is 7.08. The number of hydrogen-bond donors (Lipinski definition) is 1. The number of amides is 1. The fourth-order valence-electron chi connectivity index (χ4n) is 2.22. The molecule has 1 amide bonds. The monoisotopic (exact) mass is 333 g/mol. The molecule has 22 heavy (non-hydrogen) atoms. The average Bonchev–Trinajstić information content (AvgIpc) is 3.05. The van der Waals surface area contributed by atoms with Crippen LogP contribution in [0, 0.1) is 0 Å². The molecule has 0 saturated heterocycles. The van der Waals surface area contributed by atoms with Crippen molar-refractivity contribution < 1.29 is 9.21 Å². The Labute approximate surface area is 135 Å². The van der Waals surface area contributed by atoms with Crippen LogP contribution in [-0.2, 0) is 0 Å². The average molecular weight is 334 g/mol. The molecule has 3 aromatic rings. The minimum atomic E-state index is -0.0657. The van der Waals surface area contributed by atoms with E-state index in [2.05, 4.69) is 10.4 Å². The number of carbonyl (C=O) groups is 1. The van der Waals surface area contributed by atoms with Crippen molar-refractivity contribution in [3.8, 4) is 0 Å². The first-order valence-corrected chi connectivity index (χ1v) is 8.21. The van der Waals surface area contributed by atoms with Crippen LogP contribution >= 0.6 is 22.9 Å². The molecule has 1 aliphatic rings. The lowest BCUT2D eigenvalue weighted by Gasteiger charge is -2.21. The van der Waals surface area contributed by atoms with E-state index >= 15 is 0 Å². The maximum Gasteiger partial charge on any atom is 0.315 e. The van der Waals surface area contributed by atoms with Crippen LogP contribution in [0.4, 0.5) is 6.01 Å². The molecule has 7 heteroatoms. The minimum absolute atomic E-state index is 0.0657. The fraction of sp³-hybridized carbons (Fsp3) is 0.200. The summed E-state index contributed by atoms with van der Waals surface area (Å²) in [6, 6.07) is 7.54. The molecule has 0 radical (unpaired) electrons. The lowest BCUT2D eigenvalue weighted by molar-refractivity contribution is 0.0779. The number of anilines is 1. The van der Waals surface area contributed by atoms with Gasteiger partial charge in [0.15, 0.2) is 5.58 Å². The second-order valence-electron chi connectivity index (χ2n) is 5.16. The summed E-state index contributed by atoms with van der Waals surface area (Å²) in [6.45, 7) is 0. The van der Waals surface area contributed by atoms with E-state index in [1.165, 1.54) is 11.3 Å². The summed E-state index contributed by atoms with van der Waals surface area (Å²) in [5.41, 5.74) is 4.97. The first-order valence-electron chi connectivity index (χ1n) is 6.89. The van der Waals surface area contributed by atoms with Crippen molar-refractivity contribution in [2.75, 3.05) is 5.43 Å². The van der Waals surface area contributed by atoms with Gasteiger partial charge in [0.2, 0.25) is 0 Å². The number of halogens is 1. The van der Waals surface area contributed by atoms with Gasteiger partial charge in [-0.05, 0) is 42.5 Å². The van der Waals surface area contributed by atoms with Crippen molar-refractivity contribution in [3.63, 3.8) is 0 Å². The van der Waals surface area contributed by atoms with Gasteiger partial charge in [0.1, 0.15) is 5.52 Å². The number of nitrogens with zero attached hydrogens (tertiary/aromatic N) is 2. The number of hydrogen-bond acceptors (Lipinski definition) is 5. The summed E-state index contributed by atoms with van der Waals surface area (Å²) in [5.74, 6) is -0.0657. The molecule has 0 unspecified atom stereocenters. The number of aromatic nitrogens is 1. The number of nitrogens with one attached hydrogen (secondary N) is 1. The molecule has 1 N–H and O–H groups in total. The van der Waals surface area contributed by atoms with Crippen molar-refractivity contribution >= 4 is 46.0 Å². The van der Waals surface area contributed by atoms with Crippen molar-refractivity contribution in [2.45, 2.75) is 18.9 Å². The molecule has 0 spiro atoms. The Kier molecular flexibility index (Phi) is 3.28. The Morgan fingerprint density at radius 3 is 3.00 bits per heavy atom. The molecule has 112 valence electrons. The summed E-state index contributed by atoms with van der Waals surface area (Å²) in [5, 5.41) is 5.93. The predicted molar refractivity (Wildman–Crippen MR) is 86.2 cm³/mol. The van der Waals surface area contributed by atoms with Gasteiger partial charge in [0.05, 0.1) is 11.6 Å². The smallest absolute Gasteiger partial charge is 0.315 e. The maximum atomic E-state index is 12.5. The molecule has 5 nitrogen and oxygen atoms in total. The van der Waals surface area contributed by atoms with E-state index in [1.807, 2.05) is 16.8 Å². The van der Waals surface area contributed by atoms with Crippen LogP contribution in [0.3, 0.4) is 0 Å². The van der Waals surface area contributed by atoms with Gasteiger partial charge in [0.25, 0.3) is 5.91 Å². The third-order valence-electron chi connectivity index (χ3n) is 3.46. The van der Waals surface area contributed by atoms with Gasteiger partial charge >= 0.3 is 6.01 Å². The summed E-state index contributed by atoms with van der Waals surface area (Å²) in [4.78, 5) is 16.9. The highest BCUT2D eigenvalue weighted by Crippen LogP contribution is 2.30. The zero-order chi connectivity index (χ0) is 15.1. The summed E-state index contributed by atoms with van der Waals surface area (Å²) in [6.07, 6.45) is 1.96. The van der Waals surface area contributed by atoms with Crippen molar-refractivity contribution in [2.24, 2.45) is 0 Å². The fourth-order valence-corrected chi connectivity index (χ4v) is 3.01. The van der Waals surface area contributed by atoms with Crippen molar-refractivity contribution in [3.05, 3.63) is 45.6 Å². The van der Waals surface area contributed by atoms with Crippen LogP contribution in [0.15, 0.2) is 39.4 Å². The van der Waals surface area contributed by atoms with Crippen LogP contribution in [0.2, 0.25) is 5.02 Å².